The molecule has 2 aliphatic rings. The number of alkyl halides is 3. The normalized spacial score (nSPS) is 27.7. The van der Waals surface area contributed by atoms with E-state index in [1.54, 1.807) is 12.1 Å². The largest absolute Gasteiger partial charge is 0.416 e. The molecule has 136 valence electrons. The molecule has 1 aromatic carbocycles. The Morgan fingerprint density at radius 3 is 2.71 bits per heavy atom. The van der Waals surface area contributed by atoms with Crippen molar-refractivity contribution in [3.63, 3.8) is 0 Å². The van der Waals surface area contributed by atoms with E-state index in [1.165, 1.54) is 6.07 Å². The van der Waals surface area contributed by atoms with Crippen LogP contribution >= 0.6 is 12.4 Å². The van der Waals surface area contributed by atoms with Gasteiger partial charge < -0.3 is 15.4 Å². The first-order chi connectivity index (χ1) is 11.1. The van der Waals surface area contributed by atoms with Crippen molar-refractivity contribution in [3.8, 4) is 0 Å². The van der Waals surface area contributed by atoms with E-state index in [0.717, 1.165) is 38.5 Å². The van der Waals surface area contributed by atoms with Crippen molar-refractivity contribution in [1.82, 2.24) is 10.6 Å². The van der Waals surface area contributed by atoms with Crippen molar-refractivity contribution < 1.29 is 17.9 Å². The zero-order chi connectivity index (χ0) is 16.3. The molecule has 24 heavy (non-hydrogen) atoms. The maximum absolute atomic E-state index is 13.1. The van der Waals surface area contributed by atoms with Crippen LogP contribution in [0.2, 0.25) is 0 Å². The summed E-state index contributed by atoms with van der Waals surface area (Å²) < 4.78 is 44.7. The van der Waals surface area contributed by atoms with Gasteiger partial charge in [-0.05, 0) is 30.4 Å². The second kappa shape index (κ2) is 8.52. The lowest BCUT2D eigenvalue weighted by Crippen LogP contribution is -2.50. The zero-order valence-electron chi connectivity index (χ0n) is 13.4. The second-order valence-electron chi connectivity index (χ2n) is 6.37. The Balaban J connectivity index is 0.00000208. The quantitative estimate of drug-likeness (QED) is 0.859. The molecule has 0 radical (unpaired) electrons. The number of halogens is 4. The minimum absolute atomic E-state index is 0. The summed E-state index contributed by atoms with van der Waals surface area (Å²) >= 11 is 0. The number of ether oxygens (including phenoxy) is 1. The van der Waals surface area contributed by atoms with Crippen LogP contribution < -0.4 is 10.6 Å². The van der Waals surface area contributed by atoms with Crippen LogP contribution in [0.25, 0.3) is 0 Å². The van der Waals surface area contributed by atoms with Gasteiger partial charge in [0.2, 0.25) is 0 Å². The average Bonchev–Trinajstić information content (AvgIpc) is 3.02. The molecule has 0 bridgehead atoms. The number of nitrogens with one attached hydrogen (secondary N) is 2. The van der Waals surface area contributed by atoms with Gasteiger partial charge in [0.1, 0.15) is 0 Å². The van der Waals surface area contributed by atoms with Crippen molar-refractivity contribution in [2.75, 3.05) is 19.8 Å². The van der Waals surface area contributed by atoms with Crippen LogP contribution in [-0.2, 0) is 17.5 Å². The van der Waals surface area contributed by atoms with Gasteiger partial charge in [0.25, 0.3) is 0 Å². The molecule has 3 atom stereocenters. The highest BCUT2D eigenvalue weighted by atomic mass is 35.5. The Hall–Kier alpha value is -0.820. The molecule has 2 N–H and O–H groups in total. The van der Waals surface area contributed by atoms with Crippen LogP contribution in [0, 0.1) is 5.92 Å². The van der Waals surface area contributed by atoms with Gasteiger partial charge in [0, 0.05) is 25.2 Å². The molecular weight excluding hydrogens is 341 g/mol. The second-order valence-corrected chi connectivity index (χ2v) is 6.37. The minimum Gasteiger partial charge on any atom is -0.379 e. The molecule has 3 nitrogen and oxygen atoms in total. The van der Waals surface area contributed by atoms with E-state index in [-0.39, 0.29) is 25.0 Å². The molecule has 1 saturated heterocycles. The topological polar surface area (TPSA) is 33.3 Å². The third-order valence-electron chi connectivity index (χ3n) is 4.91. The smallest absolute Gasteiger partial charge is 0.379 e. The molecular formula is C17H24ClF3N2O. The lowest BCUT2D eigenvalue weighted by atomic mass is 9.93. The predicted octanol–water partition coefficient (Wildman–Crippen LogP) is 3.37. The Kier molecular flexibility index (Phi) is 6.92. The fourth-order valence-electron chi connectivity index (χ4n) is 3.78. The van der Waals surface area contributed by atoms with Crippen LogP contribution in [0.1, 0.15) is 30.4 Å². The molecule has 2 fully saturated rings. The van der Waals surface area contributed by atoms with Crippen LogP contribution in [0.3, 0.4) is 0 Å². The first kappa shape index (κ1) is 19.5. The highest BCUT2D eigenvalue weighted by molar-refractivity contribution is 5.85. The van der Waals surface area contributed by atoms with Gasteiger partial charge in [0.15, 0.2) is 0 Å². The molecule has 1 aromatic rings. The maximum atomic E-state index is 13.1. The van der Waals surface area contributed by atoms with Crippen molar-refractivity contribution in [2.24, 2.45) is 5.92 Å². The van der Waals surface area contributed by atoms with E-state index in [2.05, 4.69) is 10.6 Å². The van der Waals surface area contributed by atoms with Crippen molar-refractivity contribution in [1.29, 1.82) is 0 Å². The van der Waals surface area contributed by atoms with E-state index in [9.17, 15) is 13.2 Å². The molecule has 1 aliphatic heterocycles. The summed E-state index contributed by atoms with van der Waals surface area (Å²) in [5.74, 6) is 0.424. The lowest BCUT2D eigenvalue weighted by Gasteiger charge is -2.33. The van der Waals surface area contributed by atoms with E-state index < -0.39 is 11.7 Å². The highest BCUT2D eigenvalue weighted by Gasteiger charge is 2.36. The standard InChI is InChI=1S/C17H23F3N2O.ClH/c18-17(19,20)14-6-2-1-4-12(14)10-22-15-7-3-5-13(15)16-11-23-9-8-21-16;/h1-2,4,6,13,15-16,21-22H,3,5,7-11H2;1H. The van der Waals surface area contributed by atoms with Crippen LogP contribution in [-0.4, -0.2) is 31.8 Å². The fourth-order valence-corrected chi connectivity index (χ4v) is 3.78. The molecule has 1 aliphatic carbocycles. The van der Waals surface area contributed by atoms with Gasteiger partial charge in [0.05, 0.1) is 18.8 Å². The summed E-state index contributed by atoms with van der Waals surface area (Å²) in [4.78, 5) is 0. The number of benzene rings is 1. The molecule has 7 heteroatoms. The monoisotopic (exact) mass is 364 g/mol. The third-order valence-corrected chi connectivity index (χ3v) is 4.91. The molecule has 3 rings (SSSR count). The summed E-state index contributed by atoms with van der Waals surface area (Å²) in [5, 5.41) is 6.84. The Labute approximate surface area is 146 Å². The van der Waals surface area contributed by atoms with E-state index in [4.69, 9.17) is 4.74 Å². The van der Waals surface area contributed by atoms with Gasteiger partial charge in [-0.1, -0.05) is 24.6 Å². The summed E-state index contributed by atoms with van der Waals surface area (Å²) in [7, 11) is 0. The number of morpholine rings is 1. The minimum atomic E-state index is -4.30. The first-order valence-electron chi connectivity index (χ1n) is 8.25. The summed E-state index contributed by atoms with van der Waals surface area (Å²) in [6.07, 6.45) is -1.08. The lowest BCUT2D eigenvalue weighted by molar-refractivity contribution is -0.138. The van der Waals surface area contributed by atoms with Crippen molar-refractivity contribution >= 4 is 12.4 Å². The van der Waals surface area contributed by atoms with E-state index >= 15 is 0 Å². The Morgan fingerprint density at radius 1 is 1.21 bits per heavy atom. The molecule has 0 amide bonds. The molecule has 1 saturated carbocycles. The molecule has 0 aromatic heterocycles. The number of rotatable bonds is 4. The first-order valence-corrected chi connectivity index (χ1v) is 8.25. The highest BCUT2D eigenvalue weighted by Crippen LogP contribution is 2.33. The number of hydrogen-bond donors (Lipinski definition) is 2. The zero-order valence-corrected chi connectivity index (χ0v) is 14.3. The van der Waals surface area contributed by atoms with Crippen LogP contribution in [0.4, 0.5) is 13.2 Å². The molecule has 3 unspecified atom stereocenters. The SMILES string of the molecule is Cl.FC(F)(F)c1ccccc1CNC1CCCC1C1COCCN1. The van der Waals surface area contributed by atoms with Gasteiger partial charge in [-0.3, -0.25) is 0 Å². The predicted molar refractivity (Wildman–Crippen MR) is 89.3 cm³/mol. The molecule has 0 spiro atoms. The number of hydrogen-bond acceptors (Lipinski definition) is 3. The van der Waals surface area contributed by atoms with Crippen LogP contribution in [0.5, 0.6) is 0 Å². The van der Waals surface area contributed by atoms with Gasteiger partial charge in [-0.25, -0.2) is 0 Å². The van der Waals surface area contributed by atoms with Gasteiger partial charge in [-0.2, -0.15) is 13.2 Å². The van der Waals surface area contributed by atoms with Gasteiger partial charge in [-0.15, -0.1) is 12.4 Å². The summed E-state index contributed by atoms with van der Waals surface area (Å²) in [6, 6.07) is 6.36. The van der Waals surface area contributed by atoms with E-state index in [1.807, 2.05) is 0 Å². The Morgan fingerprint density at radius 2 is 2.00 bits per heavy atom. The third kappa shape index (κ3) is 4.63. The Bertz CT molecular complexity index is 521. The summed E-state index contributed by atoms with van der Waals surface area (Å²) in [6.45, 7) is 2.54. The van der Waals surface area contributed by atoms with Gasteiger partial charge >= 0.3 is 6.18 Å². The van der Waals surface area contributed by atoms with Crippen molar-refractivity contribution in [3.05, 3.63) is 35.4 Å². The van der Waals surface area contributed by atoms with Crippen LogP contribution in [0.15, 0.2) is 24.3 Å². The van der Waals surface area contributed by atoms with Crippen molar-refractivity contribution in [2.45, 2.75) is 44.1 Å². The average molecular weight is 365 g/mol. The summed E-state index contributed by atoms with van der Waals surface area (Å²) in [5.41, 5.74) is -0.223. The van der Waals surface area contributed by atoms with E-state index in [0.29, 0.717) is 24.1 Å². The maximum Gasteiger partial charge on any atom is 0.416 e. The fraction of sp³-hybridized carbons (Fsp3) is 0.647. The molecule has 1 heterocycles.